The number of amides is 1. The quantitative estimate of drug-likeness (QED) is 0.412. The molecule has 1 N–H and O–H groups in total. The lowest BCUT2D eigenvalue weighted by atomic mass is 10.0. The van der Waals surface area contributed by atoms with Crippen molar-refractivity contribution in [3.8, 4) is 11.5 Å². The summed E-state index contributed by atoms with van der Waals surface area (Å²) in [7, 11) is 0. The highest BCUT2D eigenvalue weighted by Gasteiger charge is 2.16. The molecule has 0 aliphatic carbocycles. The van der Waals surface area contributed by atoms with E-state index >= 15 is 0 Å². The molecule has 1 aliphatic heterocycles. The Morgan fingerprint density at radius 3 is 2.80 bits per heavy atom. The maximum atomic E-state index is 13.1. The van der Waals surface area contributed by atoms with Gasteiger partial charge in [0.2, 0.25) is 6.79 Å². The first kappa shape index (κ1) is 20.9. The third-order valence-corrected chi connectivity index (χ3v) is 6.09. The van der Waals surface area contributed by atoms with E-state index in [-0.39, 0.29) is 18.3 Å². The molecule has 9 heteroatoms. The lowest BCUT2D eigenvalue weighted by Gasteiger charge is -2.09. The van der Waals surface area contributed by atoms with Crippen molar-refractivity contribution < 1.29 is 14.3 Å². The van der Waals surface area contributed by atoms with Crippen LogP contribution in [0.1, 0.15) is 15.9 Å². The molecule has 3 heterocycles. The number of nitrogens with zero attached hydrogens (tertiary/aromatic N) is 4. The van der Waals surface area contributed by atoms with E-state index in [4.69, 9.17) is 9.47 Å². The van der Waals surface area contributed by atoms with Crippen LogP contribution in [0.15, 0.2) is 78.0 Å². The van der Waals surface area contributed by atoms with Gasteiger partial charge in [0.1, 0.15) is 11.7 Å². The van der Waals surface area contributed by atoms with E-state index in [9.17, 15) is 9.59 Å². The smallest absolute Gasteiger partial charge is 0.264 e. The summed E-state index contributed by atoms with van der Waals surface area (Å²) in [6.45, 7) is 1.27. The van der Waals surface area contributed by atoms with Crippen molar-refractivity contribution in [3.63, 3.8) is 0 Å². The van der Waals surface area contributed by atoms with Crippen molar-refractivity contribution in [2.24, 2.45) is 0 Å². The molecule has 0 fully saturated rings. The maximum Gasteiger partial charge on any atom is 0.264 e. The van der Waals surface area contributed by atoms with Gasteiger partial charge in [-0.3, -0.25) is 14.2 Å². The summed E-state index contributed by atoms with van der Waals surface area (Å²) in [6.07, 6.45) is 3.08. The standard InChI is InChI=1S/C26H21N5O4/c32-25(18-8-9-22-23(12-18)35-16-34-22)27-10-11-31-24-21(13-29-31)26(33)30(15-28-24)14-19-6-3-5-17-4-1-2-7-20(17)19/h1-9,12-13,15H,10-11,14,16H2,(H,27,32). The number of ether oxygens (including phenoxy) is 2. The van der Waals surface area contributed by atoms with Crippen molar-refractivity contribution in [1.29, 1.82) is 0 Å². The number of hydrogen-bond acceptors (Lipinski definition) is 6. The van der Waals surface area contributed by atoms with Gasteiger partial charge in [-0.1, -0.05) is 42.5 Å². The SMILES string of the molecule is O=C(NCCn1ncc2c(=O)n(Cc3cccc4ccccc34)cnc21)c1ccc2c(c1)OCO2. The predicted octanol–water partition coefficient (Wildman–Crippen LogP) is 2.95. The fourth-order valence-corrected chi connectivity index (χ4v) is 4.30. The Balaban J connectivity index is 1.17. The van der Waals surface area contributed by atoms with Gasteiger partial charge in [0.25, 0.3) is 11.5 Å². The third kappa shape index (κ3) is 3.86. The van der Waals surface area contributed by atoms with E-state index in [0.717, 1.165) is 16.3 Å². The topological polar surface area (TPSA) is 100 Å². The van der Waals surface area contributed by atoms with Gasteiger partial charge in [0.05, 0.1) is 19.3 Å². The van der Waals surface area contributed by atoms with Gasteiger partial charge in [-0.25, -0.2) is 9.67 Å². The molecular formula is C26H21N5O4. The Labute approximate surface area is 199 Å². The predicted molar refractivity (Wildman–Crippen MR) is 130 cm³/mol. The lowest BCUT2D eigenvalue weighted by Crippen LogP contribution is -2.27. The van der Waals surface area contributed by atoms with Crippen molar-refractivity contribution in [2.75, 3.05) is 13.3 Å². The van der Waals surface area contributed by atoms with E-state index < -0.39 is 0 Å². The van der Waals surface area contributed by atoms with Crippen molar-refractivity contribution in [3.05, 3.63) is 94.7 Å². The molecular weight excluding hydrogens is 446 g/mol. The van der Waals surface area contributed by atoms with Gasteiger partial charge in [-0.2, -0.15) is 5.10 Å². The summed E-state index contributed by atoms with van der Waals surface area (Å²) in [4.78, 5) is 30.1. The van der Waals surface area contributed by atoms with Gasteiger partial charge in [-0.15, -0.1) is 0 Å². The molecule has 0 unspecified atom stereocenters. The van der Waals surface area contributed by atoms with Crippen LogP contribution in [0.3, 0.4) is 0 Å². The van der Waals surface area contributed by atoms with Crippen LogP contribution in [0.4, 0.5) is 0 Å². The first-order valence-electron chi connectivity index (χ1n) is 11.2. The molecule has 0 radical (unpaired) electrons. The minimum Gasteiger partial charge on any atom is -0.454 e. The van der Waals surface area contributed by atoms with E-state index in [2.05, 4.69) is 33.6 Å². The molecule has 9 nitrogen and oxygen atoms in total. The summed E-state index contributed by atoms with van der Waals surface area (Å²) < 4.78 is 13.8. The number of benzene rings is 3. The molecule has 174 valence electrons. The summed E-state index contributed by atoms with van der Waals surface area (Å²) >= 11 is 0. The van der Waals surface area contributed by atoms with Crippen LogP contribution in [0.2, 0.25) is 0 Å². The van der Waals surface area contributed by atoms with E-state index in [0.29, 0.717) is 47.7 Å². The fraction of sp³-hybridized carbons (Fsp3) is 0.154. The Morgan fingerprint density at radius 2 is 1.86 bits per heavy atom. The Hall–Kier alpha value is -4.66. The van der Waals surface area contributed by atoms with Crippen LogP contribution in [0.5, 0.6) is 11.5 Å². The summed E-state index contributed by atoms with van der Waals surface area (Å²) in [5.41, 5.74) is 1.86. The first-order chi connectivity index (χ1) is 17.2. The van der Waals surface area contributed by atoms with Gasteiger partial charge in [-0.05, 0) is 34.5 Å². The Bertz CT molecular complexity index is 1630. The van der Waals surface area contributed by atoms with Gasteiger partial charge in [0, 0.05) is 12.1 Å². The minimum absolute atomic E-state index is 0.154. The molecule has 0 saturated carbocycles. The number of nitrogens with one attached hydrogen (secondary N) is 1. The highest BCUT2D eigenvalue weighted by Crippen LogP contribution is 2.32. The molecule has 0 spiro atoms. The number of hydrogen-bond donors (Lipinski definition) is 1. The second kappa shape index (κ2) is 8.60. The van der Waals surface area contributed by atoms with Crippen molar-refractivity contribution >= 4 is 27.7 Å². The van der Waals surface area contributed by atoms with Crippen LogP contribution >= 0.6 is 0 Å². The number of fused-ring (bicyclic) bond motifs is 3. The first-order valence-corrected chi connectivity index (χ1v) is 11.2. The lowest BCUT2D eigenvalue weighted by molar-refractivity contribution is 0.0951. The van der Waals surface area contributed by atoms with Crippen LogP contribution < -0.4 is 20.3 Å². The monoisotopic (exact) mass is 467 g/mol. The number of rotatable bonds is 6. The Kier molecular flexibility index (Phi) is 5.14. The van der Waals surface area contributed by atoms with Gasteiger partial charge < -0.3 is 14.8 Å². The zero-order chi connectivity index (χ0) is 23.8. The van der Waals surface area contributed by atoms with E-state index in [1.807, 2.05) is 24.3 Å². The van der Waals surface area contributed by atoms with Crippen molar-refractivity contribution in [1.82, 2.24) is 24.6 Å². The second-order valence-electron chi connectivity index (χ2n) is 8.24. The molecule has 0 atom stereocenters. The van der Waals surface area contributed by atoms with Gasteiger partial charge >= 0.3 is 0 Å². The van der Waals surface area contributed by atoms with Crippen LogP contribution in [0, 0.1) is 0 Å². The molecule has 6 rings (SSSR count). The maximum absolute atomic E-state index is 13.1. The fourth-order valence-electron chi connectivity index (χ4n) is 4.30. The molecule has 0 saturated heterocycles. The zero-order valence-electron chi connectivity index (χ0n) is 18.7. The van der Waals surface area contributed by atoms with E-state index in [1.165, 1.54) is 6.20 Å². The molecule has 3 aromatic carbocycles. The van der Waals surface area contributed by atoms with E-state index in [1.54, 1.807) is 33.8 Å². The summed E-state index contributed by atoms with van der Waals surface area (Å²) in [5.74, 6) is 0.951. The number of carbonyl (C=O) groups is 1. The minimum atomic E-state index is -0.231. The average molecular weight is 467 g/mol. The molecule has 5 aromatic rings. The highest BCUT2D eigenvalue weighted by molar-refractivity contribution is 5.95. The normalized spacial score (nSPS) is 12.3. The molecule has 1 amide bonds. The summed E-state index contributed by atoms with van der Waals surface area (Å²) in [6, 6.07) is 19.2. The zero-order valence-corrected chi connectivity index (χ0v) is 18.7. The van der Waals surface area contributed by atoms with Gasteiger partial charge in [0.15, 0.2) is 17.1 Å². The van der Waals surface area contributed by atoms with Crippen LogP contribution in [-0.2, 0) is 13.1 Å². The second-order valence-corrected chi connectivity index (χ2v) is 8.24. The molecule has 35 heavy (non-hydrogen) atoms. The Morgan fingerprint density at radius 1 is 1.00 bits per heavy atom. The average Bonchev–Trinajstić information content (AvgIpc) is 3.53. The largest absolute Gasteiger partial charge is 0.454 e. The highest BCUT2D eigenvalue weighted by atomic mass is 16.7. The third-order valence-electron chi connectivity index (χ3n) is 6.09. The number of aromatic nitrogens is 4. The molecule has 1 aliphatic rings. The van der Waals surface area contributed by atoms with Crippen LogP contribution in [-0.4, -0.2) is 38.6 Å². The summed E-state index contributed by atoms with van der Waals surface area (Å²) in [5, 5.41) is 9.86. The number of carbonyl (C=O) groups excluding carboxylic acids is 1. The van der Waals surface area contributed by atoms with Crippen molar-refractivity contribution in [2.45, 2.75) is 13.1 Å². The molecule has 0 bridgehead atoms. The van der Waals surface area contributed by atoms with Crippen LogP contribution in [0.25, 0.3) is 21.8 Å². The molecule has 2 aromatic heterocycles.